The van der Waals surface area contributed by atoms with Crippen molar-refractivity contribution in [3.63, 3.8) is 0 Å². The van der Waals surface area contributed by atoms with E-state index < -0.39 is 12.5 Å². The zero-order valence-electron chi connectivity index (χ0n) is 7.76. The van der Waals surface area contributed by atoms with E-state index in [0.29, 0.717) is 5.56 Å². The second-order valence-corrected chi connectivity index (χ2v) is 3.51. The minimum atomic E-state index is -2.87. The highest BCUT2D eigenvalue weighted by Gasteiger charge is 2.42. The fourth-order valence-electron chi connectivity index (χ4n) is 1.60. The molecule has 4 heteroatoms. The van der Waals surface area contributed by atoms with Gasteiger partial charge >= 0.3 is 5.92 Å². The van der Waals surface area contributed by atoms with Crippen LogP contribution in [0.4, 0.5) is 8.78 Å². The summed E-state index contributed by atoms with van der Waals surface area (Å²) in [6, 6.07) is 4.39. The molecule has 0 aliphatic carbocycles. The molecule has 0 unspecified atom stereocenters. The third-order valence-electron chi connectivity index (χ3n) is 2.33. The number of halogens is 2. The number of ether oxygens (including phenoxy) is 1. The van der Waals surface area contributed by atoms with Crippen LogP contribution in [0.5, 0.6) is 5.75 Å². The van der Waals surface area contributed by atoms with E-state index >= 15 is 0 Å². The monoisotopic (exact) mass is 199 g/mol. The third kappa shape index (κ3) is 1.26. The van der Waals surface area contributed by atoms with Crippen LogP contribution >= 0.6 is 0 Å². The maximum atomic E-state index is 13.2. The summed E-state index contributed by atoms with van der Waals surface area (Å²) in [5, 5.41) is 0. The van der Waals surface area contributed by atoms with Crippen LogP contribution in [0, 0.1) is 0 Å². The van der Waals surface area contributed by atoms with E-state index in [9.17, 15) is 8.78 Å². The van der Waals surface area contributed by atoms with E-state index in [1.54, 1.807) is 19.1 Å². The Morgan fingerprint density at radius 2 is 2.21 bits per heavy atom. The summed E-state index contributed by atoms with van der Waals surface area (Å²) in [4.78, 5) is 0. The molecule has 1 aromatic carbocycles. The molecule has 0 fully saturated rings. The lowest BCUT2D eigenvalue weighted by molar-refractivity contribution is -0.0214. The molecule has 0 amide bonds. The Bertz CT molecular complexity index is 363. The van der Waals surface area contributed by atoms with Crippen molar-refractivity contribution in [3.05, 3.63) is 29.3 Å². The van der Waals surface area contributed by atoms with Crippen molar-refractivity contribution in [2.75, 3.05) is 6.61 Å². The van der Waals surface area contributed by atoms with Gasteiger partial charge in [-0.3, -0.25) is 0 Å². The number of para-hydroxylation sites is 1. The fraction of sp³-hybridized carbons (Fsp3) is 0.400. The highest BCUT2D eigenvalue weighted by atomic mass is 19.3. The third-order valence-corrected chi connectivity index (χ3v) is 2.33. The predicted molar refractivity (Wildman–Crippen MR) is 48.4 cm³/mol. The molecule has 1 heterocycles. The zero-order valence-corrected chi connectivity index (χ0v) is 7.76. The maximum absolute atomic E-state index is 13.2. The first-order valence-electron chi connectivity index (χ1n) is 4.42. The van der Waals surface area contributed by atoms with E-state index in [2.05, 4.69) is 0 Å². The summed E-state index contributed by atoms with van der Waals surface area (Å²) >= 11 is 0. The Hall–Kier alpha value is -1.16. The van der Waals surface area contributed by atoms with E-state index in [4.69, 9.17) is 10.5 Å². The molecular weight excluding hydrogens is 188 g/mol. The summed E-state index contributed by atoms with van der Waals surface area (Å²) < 4.78 is 31.4. The molecule has 2 rings (SSSR count). The molecular formula is C10H11F2NO. The molecule has 0 spiro atoms. The molecule has 0 saturated carbocycles. The number of hydrogen-bond donors (Lipinski definition) is 1. The topological polar surface area (TPSA) is 35.2 Å². The van der Waals surface area contributed by atoms with Crippen LogP contribution in [-0.4, -0.2) is 6.61 Å². The molecule has 1 aliphatic rings. The van der Waals surface area contributed by atoms with Crippen LogP contribution < -0.4 is 10.5 Å². The summed E-state index contributed by atoms with van der Waals surface area (Å²) in [5.41, 5.74) is 6.24. The Morgan fingerprint density at radius 1 is 1.50 bits per heavy atom. The Kier molecular flexibility index (Phi) is 1.96. The van der Waals surface area contributed by atoms with Crippen LogP contribution in [-0.2, 0) is 5.92 Å². The van der Waals surface area contributed by atoms with E-state index in [-0.39, 0.29) is 17.4 Å². The van der Waals surface area contributed by atoms with Gasteiger partial charge in [0.05, 0.1) is 5.56 Å². The molecule has 1 aromatic rings. The Labute approximate surface area is 80.7 Å². The van der Waals surface area contributed by atoms with Gasteiger partial charge in [0.15, 0.2) is 6.61 Å². The van der Waals surface area contributed by atoms with Crippen molar-refractivity contribution < 1.29 is 13.5 Å². The Balaban J connectivity index is 2.56. The van der Waals surface area contributed by atoms with Crippen molar-refractivity contribution in [1.82, 2.24) is 0 Å². The summed E-state index contributed by atoms with van der Waals surface area (Å²) in [6.45, 7) is 1.17. The van der Waals surface area contributed by atoms with Crippen LogP contribution in [0.1, 0.15) is 24.1 Å². The van der Waals surface area contributed by atoms with Crippen LogP contribution in [0.2, 0.25) is 0 Å². The van der Waals surface area contributed by atoms with E-state index in [1.807, 2.05) is 0 Å². The number of hydrogen-bond acceptors (Lipinski definition) is 2. The Morgan fingerprint density at radius 3 is 2.86 bits per heavy atom. The van der Waals surface area contributed by atoms with Gasteiger partial charge in [-0.25, -0.2) is 0 Å². The molecule has 14 heavy (non-hydrogen) atoms. The van der Waals surface area contributed by atoms with Gasteiger partial charge in [0.2, 0.25) is 0 Å². The van der Waals surface area contributed by atoms with Gasteiger partial charge in [-0.1, -0.05) is 12.1 Å². The van der Waals surface area contributed by atoms with E-state index in [1.165, 1.54) is 6.07 Å². The molecule has 0 saturated heterocycles. The molecule has 1 aliphatic heterocycles. The molecule has 2 N–H and O–H groups in total. The highest BCUT2D eigenvalue weighted by Crippen LogP contribution is 2.44. The van der Waals surface area contributed by atoms with E-state index in [0.717, 1.165) is 0 Å². The molecule has 0 radical (unpaired) electrons. The molecule has 0 aromatic heterocycles. The van der Waals surface area contributed by atoms with Crippen molar-refractivity contribution in [2.24, 2.45) is 5.73 Å². The standard InChI is InChI=1S/C10H11F2NO/c1-6(13)7-3-2-4-8-9(7)14-5-10(8,11)12/h2-4,6H,5,13H2,1H3/t6-/m1/s1. The first-order valence-corrected chi connectivity index (χ1v) is 4.42. The normalized spacial score (nSPS) is 20.0. The maximum Gasteiger partial charge on any atom is 0.310 e. The lowest BCUT2D eigenvalue weighted by Crippen LogP contribution is -2.14. The lowest BCUT2D eigenvalue weighted by Gasteiger charge is -2.10. The number of rotatable bonds is 1. The van der Waals surface area contributed by atoms with Crippen molar-refractivity contribution in [1.29, 1.82) is 0 Å². The lowest BCUT2D eigenvalue weighted by atomic mass is 10.0. The van der Waals surface area contributed by atoms with Gasteiger partial charge in [0.25, 0.3) is 0 Å². The minimum absolute atomic E-state index is 0.0488. The van der Waals surface area contributed by atoms with Crippen molar-refractivity contribution in [3.8, 4) is 5.75 Å². The van der Waals surface area contributed by atoms with Gasteiger partial charge in [-0.15, -0.1) is 0 Å². The average Bonchev–Trinajstić information content (AvgIpc) is 2.42. The van der Waals surface area contributed by atoms with Gasteiger partial charge < -0.3 is 10.5 Å². The van der Waals surface area contributed by atoms with Gasteiger partial charge in [-0.2, -0.15) is 8.78 Å². The number of nitrogens with two attached hydrogens (primary N) is 1. The molecule has 2 nitrogen and oxygen atoms in total. The zero-order chi connectivity index (χ0) is 10.3. The first kappa shape index (κ1) is 9.40. The number of alkyl halides is 2. The summed E-state index contributed by atoms with van der Waals surface area (Å²) in [5.74, 6) is -2.62. The molecule has 76 valence electrons. The average molecular weight is 199 g/mol. The quantitative estimate of drug-likeness (QED) is 0.752. The first-order chi connectivity index (χ1) is 6.52. The van der Waals surface area contributed by atoms with Crippen LogP contribution in [0.15, 0.2) is 18.2 Å². The van der Waals surface area contributed by atoms with Crippen molar-refractivity contribution in [2.45, 2.75) is 18.9 Å². The van der Waals surface area contributed by atoms with Crippen molar-refractivity contribution >= 4 is 0 Å². The minimum Gasteiger partial charge on any atom is -0.486 e. The van der Waals surface area contributed by atoms with Gasteiger partial charge in [0.1, 0.15) is 5.75 Å². The summed E-state index contributed by atoms with van der Waals surface area (Å²) in [6.07, 6.45) is 0. The smallest absolute Gasteiger partial charge is 0.310 e. The van der Waals surface area contributed by atoms with Gasteiger partial charge in [-0.05, 0) is 13.0 Å². The largest absolute Gasteiger partial charge is 0.486 e. The second-order valence-electron chi connectivity index (χ2n) is 3.51. The summed E-state index contributed by atoms with van der Waals surface area (Å²) in [7, 11) is 0. The van der Waals surface area contributed by atoms with Crippen LogP contribution in [0.25, 0.3) is 0 Å². The molecule has 0 bridgehead atoms. The number of fused-ring (bicyclic) bond motifs is 1. The molecule has 1 atom stereocenters. The van der Waals surface area contributed by atoms with Crippen LogP contribution in [0.3, 0.4) is 0 Å². The highest BCUT2D eigenvalue weighted by molar-refractivity contribution is 5.47. The predicted octanol–water partition coefficient (Wildman–Crippen LogP) is 2.19. The van der Waals surface area contributed by atoms with Gasteiger partial charge in [0, 0.05) is 11.6 Å². The number of benzene rings is 1. The fourth-order valence-corrected chi connectivity index (χ4v) is 1.60. The second kappa shape index (κ2) is 2.92. The SMILES string of the molecule is C[C@@H](N)c1cccc2c1OCC2(F)F.